The van der Waals surface area contributed by atoms with E-state index in [-0.39, 0.29) is 48.3 Å². The normalized spacial score (nSPS) is 18.1. The first kappa shape index (κ1) is 47.1. The maximum Gasteiger partial charge on any atom is 0.265 e. The summed E-state index contributed by atoms with van der Waals surface area (Å²) in [6, 6.07) is 12.9. The van der Waals surface area contributed by atoms with Gasteiger partial charge in [0.15, 0.2) is 0 Å². The second-order valence-corrected chi connectivity index (χ2v) is 19.4. The minimum Gasteiger partial charge on any atom is -0.385 e. The van der Waals surface area contributed by atoms with Crippen LogP contribution in [0.15, 0.2) is 47.8 Å². The fraction of sp³-hybridized carbons (Fsp3) is 0.435. The number of anilines is 2. The molecule has 4 aliphatic rings. The summed E-state index contributed by atoms with van der Waals surface area (Å²) in [6.45, 7) is 9.79. The van der Waals surface area contributed by atoms with E-state index in [1.807, 2.05) is 61.7 Å². The molecule has 2 unspecified atom stereocenters. The van der Waals surface area contributed by atoms with E-state index < -0.39 is 12.1 Å². The number of carbonyl (C=O) groups excluding carboxylic acids is 6. The number of hydrogen-bond donors (Lipinski definition) is 6. The van der Waals surface area contributed by atoms with Crippen LogP contribution in [0.1, 0.15) is 103 Å². The Morgan fingerprint density at radius 1 is 0.672 bits per heavy atom. The second kappa shape index (κ2) is 21.9. The molecule has 4 aliphatic heterocycles. The van der Waals surface area contributed by atoms with Crippen molar-refractivity contribution in [2.75, 3.05) is 36.8 Å². The predicted molar refractivity (Wildman–Crippen MR) is 252 cm³/mol. The van der Waals surface area contributed by atoms with Crippen LogP contribution in [0.4, 0.5) is 11.4 Å². The van der Waals surface area contributed by atoms with Crippen molar-refractivity contribution in [3.05, 3.63) is 100 Å². The Hall–Kier alpha value is -4.84. The van der Waals surface area contributed by atoms with Gasteiger partial charge in [-0.25, -0.2) is 0 Å². The highest BCUT2D eigenvalue weighted by Gasteiger charge is 2.41. The molecule has 2 aromatic carbocycles. The summed E-state index contributed by atoms with van der Waals surface area (Å²) in [4.78, 5) is 78.7. The zero-order valence-electron chi connectivity index (χ0n) is 36.0. The molecule has 0 spiro atoms. The third-order valence-electron chi connectivity index (χ3n) is 11.8. The summed E-state index contributed by atoms with van der Waals surface area (Å²) in [5.74, 6) is -1.49. The minimum absolute atomic E-state index is 0.107. The van der Waals surface area contributed by atoms with Crippen molar-refractivity contribution in [3.8, 4) is 0 Å². The van der Waals surface area contributed by atoms with Crippen molar-refractivity contribution in [2.24, 2.45) is 0 Å². The van der Waals surface area contributed by atoms with E-state index in [9.17, 15) is 28.8 Å². The monoisotopic (exact) mass is 948 g/mol. The first-order chi connectivity index (χ1) is 30.9. The van der Waals surface area contributed by atoms with Gasteiger partial charge in [0.25, 0.3) is 11.8 Å². The molecule has 18 heteroatoms. The molecule has 6 N–H and O–H groups in total. The van der Waals surface area contributed by atoms with Crippen LogP contribution in [-0.2, 0) is 45.4 Å². The Morgan fingerprint density at radius 2 is 1.23 bits per heavy atom. The zero-order chi connectivity index (χ0) is 45.3. The highest BCUT2D eigenvalue weighted by Crippen LogP contribution is 2.35. The van der Waals surface area contributed by atoms with Crippen LogP contribution < -0.4 is 31.9 Å². The van der Waals surface area contributed by atoms with Gasteiger partial charge < -0.3 is 31.1 Å². The van der Waals surface area contributed by atoms with Crippen LogP contribution in [0.3, 0.4) is 0 Å². The van der Waals surface area contributed by atoms with Gasteiger partial charge in [0.1, 0.15) is 12.1 Å². The highest BCUT2D eigenvalue weighted by atomic mass is 35.5. The Balaban J connectivity index is 0.000000192. The molecular formula is C46H54Cl2N8O6S2. The number of fused-ring (bicyclic) bond motifs is 2. The topological polar surface area (TPSA) is 181 Å². The average molecular weight is 950 g/mol. The average Bonchev–Trinajstić information content (AvgIpc) is 4.02. The van der Waals surface area contributed by atoms with Gasteiger partial charge >= 0.3 is 0 Å². The van der Waals surface area contributed by atoms with Gasteiger partial charge in [0.05, 0.1) is 10.4 Å². The highest BCUT2D eigenvalue weighted by molar-refractivity contribution is 7.14. The summed E-state index contributed by atoms with van der Waals surface area (Å²) < 4.78 is 0. The molecule has 2 fully saturated rings. The number of rotatable bonds is 18. The predicted octanol–water partition coefficient (Wildman–Crippen LogP) is 6.91. The van der Waals surface area contributed by atoms with Crippen LogP contribution in [0.5, 0.6) is 0 Å². The number of carbonyl (C=O) groups is 6. The van der Waals surface area contributed by atoms with E-state index in [2.05, 4.69) is 31.9 Å². The molecule has 2 saturated heterocycles. The van der Waals surface area contributed by atoms with E-state index in [0.29, 0.717) is 42.9 Å². The van der Waals surface area contributed by atoms with Crippen molar-refractivity contribution in [3.63, 3.8) is 0 Å². The lowest BCUT2D eigenvalue weighted by Gasteiger charge is -2.29. The van der Waals surface area contributed by atoms with Gasteiger partial charge in [-0.15, -0.1) is 22.7 Å². The Bertz CT molecular complexity index is 2400. The van der Waals surface area contributed by atoms with Crippen LogP contribution in [0.25, 0.3) is 0 Å². The third-order valence-corrected chi connectivity index (χ3v) is 14.8. The third kappa shape index (κ3) is 11.7. The van der Waals surface area contributed by atoms with Gasteiger partial charge in [-0.1, -0.05) is 41.8 Å². The Kier molecular flexibility index (Phi) is 16.1. The number of hydrogen-bond acceptors (Lipinski definition) is 12. The minimum atomic E-state index is -0.557. The number of halogens is 2. The van der Waals surface area contributed by atoms with Gasteiger partial charge in [-0.3, -0.25) is 39.4 Å². The maximum atomic E-state index is 12.8. The summed E-state index contributed by atoms with van der Waals surface area (Å²) in [5.41, 5.74) is 6.90. The fourth-order valence-corrected chi connectivity index (χ4v) is 10.6. The van der Waals surface area contributed by atoms with Crippen molar-refractivity contribution in [2.45, 2.75) is 103 Å². The van der Waals surface area contributed by atoms with E-state index >= 15 is 0 Å². The molecule has 4 aromatic rings. The van der Waals surface area contributed by atoms with Crippen molar-refractivity contribution < 1.29 is 28.8 Å². The smallest absolute Gasteiger partial charge is 0.265 e. The van der Waals surface area contributed by atoms with Crippen LogP contribution in [0.2, 0.25) is 10.0 Å². The second-order valence-electron chi connectivity index (χ2n) is 16.5. The van der Waals surface area contributed by atoms with E-state index in [1.165, 1.54) is 11.3 Å². The molecule has 6 heterocycles. The van der Waals surface area contributed by atoms with Gasteiger partial charge in [-0.05, 0) is 112 Å². The van der Waals surface area contributed by atoms with E-state index in [4.69, 9.17) is 23.2 Å². The molecule has 340 valence electrons. The molecule has 0 radical (unpaired) electrons. The number of benzene rings is 2. The summed E-state index contributed by atoms with van der Waals surface area (Å²) in [7, 11) is 0. The number of unbranched alkanes of at least 4 members (excludes halogenated alkanes) is 2. The molecule has 0 bridgehead atoms. The van der Waals surface area contributed by atoms with Gasteiger partial charge in [0, 0.05) is 88.7 Å². The van der Waals surface area contributed by atoms with Crippen LogP contribution in [-0.4, -0.2) is 83.5 Å². The first-order valence-electron chi connectivity index (χ1n) is 21.8. The molecule has 0 saturated carbocycles. The molecule has 2 atom stereocenters. The lowest BCUT2D eigenvalue weighted by molar-refractivity contribution is -0.138. The van der Waals surface area contributed by atoms with Gasteiger partial charge in [-0.2, -0.15) is 0 Å². The molecule has 64 heavy (non-hydrogen) atoms. The molecule has 6 amide bonds. The summed E-state index contributed by atoms with van der Waals surface area (Å²) in [6.07, 6.45) is 5.56. The summed E-state index contributed by atoms with van der Waals surface area (Å²) in [5, 5.41) is 21.8. The van der Waals surface area contributed by atoms with E-state index in [1.54, 1.807) is 21.1 Å². The number of nitrogens with one attached hydrogen (secondary N) is 6. The summed E-state index contributed by atoms with van der Waals surface area (Å²) >= 11 is 15.4. The number of nitrogens with zero attached hydrogens (tertiary/aromatic N) is 2. The standard InChI is InChI=1S/C24H29ClN4O3S.C22H25ClN4O3S/c1-15-5-6-16(11-19(15)25)27-10-4-2-3-9-26-12-21-17-13-29(24(32)18(17)14-33-21)20-7-8-22(30)28-23(20)31;1-13-3-4-15(10-17(13)23)25-8-2-7-24-11-16-9-14-12-27(22(30)20(14)31-16)18-5-6-19(28)26-21(18)29/h5-6,11,14,20,26-27H,2-4,7-10,12-13H2,1H3,(H,28,30,31);3-4,9-10,18,24-25H,2,5-8,11-12H2,1H3,(H,26,28,29). The van der Waals surface area contributed by atoms with Crippen molar-refractivity contribution >= 4 is 92.7 Å². The fourth-order valence-electron chi connectivity index (χ4n) is 8.09. The molecule has 14 nitrogen and oxygen atoms in total. The number of imide groups is 2. The Labute approximate surface area is 391 Å². The molecule has 0 aliphatic carbocycles. The lowest BCUT2D eigenvalue weighted by Crippen LogP contribution is -2.52. The van der Waals surface area contributed by atoms with Crippen LogP contribution >= 0.6 is 45.9 Å². The van der Waals surface area contributed by atoms with Crippen LogP contribution in [0, 0.1) is 13.8 Å². The number of piperidine rings is 2. The quantitative estimate of drug-likeness (QED) is 0.0454. The lowest BCUT2D eigenvalue weighted by atomic mass is 10.0. The SMILES string of the molecule is Cc1ccc(NCCCCCNCc2scc3c2CN(C2CCC(=O)NC2=O)C3=O)cc1Cl.Cc1ccc(NCCCNCc2cc3c(s2)C(=O)N(C2CCC(=O)NC2=O)C3)cc1Cl. The Morgan fingerprint density at radius 3 is 1.83 bits per heavy atom. The molecule has 2 aromatic heterocycles. The number of thiophene rings is 2. The van der Waals surface area contributed by atoms with Gasteiger partial charge in [0.2, 0.25) is 23.6 Å². The first-order valence-corrected chi connectivity index (χ1v) is 24.2. The van der Waals surface area contributed by atoms with E-state index in [0.717, 1.165) is 112 Å². The number of aryl methyl sites for hydroxylation is 2. The molecule has 8 rings (SSSR count). The van der Waals surface area contributed by atoms with Crippen molar-refractivity contribution in [1.82, 2.24) is 31.1 Å². The molecular weight excluding hydrogens is 896 g/mol. The largest absolute Gasteiger partial charge is 0.385 e. The number of amides is 6. The maximum absolute atomic E-state index is 12.8. The van der Waals surface area contributed by atoms with Crippen molar-refractivity contribution in [1.29, 1.82) is 0 Å². The zero-order valence-corrected chi connectivity index (χ0v) is 39.1.